The maximum atomic E-state index is 12.0. The number of carbonyl (C=O) groups is 2. The van der Waals surface area contributed by atoms with Crippen molar-refractivity contribution < 1.29 is 9.59 Å². The van der Waals surface area contributed by atoms with Gasteiger partial charge >= 0.3 is 0 Å². The topological polar surface area (TPSA) is 99.5 Å². The second-order valence-electron chi connectivity index (χ2n) is 4.72. The summed E-state index contributed by atoms with van der Waals surface area (Å²) in [6.45, 7) is 3.81. The molecule has 0 radical (unpaired) electrons. The van der Waals surface area contributed by atoms with Gasteiger partial charge in [0.15, 0.2) is 0 Å². The van der Waals surface area contributed by atoms with Crippen molar-refractivity contribution in [3.05, 3.63) is 10.4 Å². The van der Waals surface area contributed by atoms with Crippen molar-refractivity contribution in [3.8, 4) is 0 Å². The summed E-state index contributed by atoms with van der Waals surface area (Å²) in [6.07, 6.45) is 0. The highest BCUT2D eigenvalue weighted by atomic mass is 32.1. The molecule has 2 amide bonds. The van der Waals surface area contributed by atoms with E-state index in [4.69, 9.17) is 5.73 Å². The standard InChI is InChI=1S/C13H23N5O2S/c1-5-16-12(20)10-9(14)8(11(19)15-2)13(21-10)17-6-7-18(3)4/h17H,5-7,14H2,1-4H3,(H,15,19)(H,16,20). The van der Waals surface area contributed by atoms with Gasteiger partial charge in [0, 0.05) is 26.7 Å². The average molecular weight is 313 g/mol. The molecule has 0 atom stereocenters. The quantitative estimate of drug-likeness (QED) is 0.584. The van der Waals surface area contributed by atoms with E-state index in [-0.39, 0.29) is 17.5 Å². The van der Waals surface area contributed by atoms with Gasteiger partial charge < -0.3 is 26.6 Å². The Morgan fingerprint density at radius 3 is 2.48 bits per heavy atom. The lowest BCUT2D eigenvalue weighted by molar-refractivity contribution is 0.0959. The maximum absolute atomic E-state index is 12.0. The zero-order chi connectivity index (χ0) is 16.0. The van der Waals surface area contributed by atoms with Gasteiger partial charge in [-0.3, -0.25) is 9.59 Å². The van der Waals surface area contributed by atoms with Crippen LogP contribution in [0.25, 0.3) is 0 Å². The second kappa shape index (κ2) is 7.84. The lowest BCUT2D eigenvalue weighted by atomic mass is 10.2. The number of hydrogen-bond donors (Lipinski definition) is 4. The van der Waals surface area contributed by atoms with Crippen LogP contribution in [0.15, 0.2) is 0 Å². The van der Waals surface area contributed by atoms with Gasteiger partial charge in [-0.1, -0.05) is 0 Å². The van der Waals surface area contributed by atoms with Crippen LogP contribution in [-0.2, 0) is 0 Å². The number of carbonyl (C=O) groups excluding carboxylic acids is 2. The summed E-state index contributed by atoms with van der Waals surface area (Å²) in [5.41, 5.74) is 6.54. The zero-order valence-electron chi connectivity index (χ0n) is 12.9. The Bertz CT molecular complexity index is 513. The monoisotopic (exact) mass is 313 g/mol. The molecule has 118 valence electrons. The molecule has 7 nitrogen and oxygen atoms in total. The molecular weight excluding hydrogens is 290 g/mol. The Kier molecular flexibility index (Phi) is 6.44. The van der Waals surface area contributed by atoms with Crippen molar-refractivity contribution in [3.63, 3.8) is 0 Å². The zero-order valence-corrected chi connectivity index (χ0v) is 13.7. The fourth-order valence-electron chi connectivity index (χ4n) is 1.72. The molecule has 1 rings (SSSR count). The van der Waals surface area contributed by atoms with Crippen LogP contribution >= 0.6 is 11.3 Å². The van der Waals surface area contributed by atoms with E-state index in [0.29, 0.717) is 28.5 Å². The molecule has 0 aliphatic carbocycles. The summed E-state index contributed by atoms with van der Waals surface area (Å²) in [6, 6.07) is 0. The highest BCUT2D eigenvalue weighted by Crippen LogP contribution is 2.35. The summed E-state index contributed by atoms with van der Waals surface area (Å²) < 4.78 is 0. The van der Waals surface area contributed by atoms with Gasteiger partial charge in [-0.05, 0) is 21.0 Å². The summed E-state index contributed by atoms with van der Waals surface area (Å²) in [7, 11) is 5.46. The lowest BCUT2D eigenvalue weighted by Gasteiger charge is -2.11. The van der Waals surface area contributed by atoms with Crippen LogP contribution in [0.4, 0.5) is 10.7 Å². The molecule has 0 aliphatic heterocycles. The Hall–Kier alpha value is -1.80. The predicted octanol–water partition coefficient (Wildman–Crippen LogP) is 0.413. The molecule has 1 aromatic rings. The molecule has 0 saturated carbocycles. The molecule has 0 spiro atoms. The van der Waals surface area contributed by atoms with Gasteiger partial charge in [-0.15, -0.1) is 11.3 Å². The highest BCUT2D eigenvalue weighted by molar-refractivity contribution is 7.19. The SMILES string of the molecule is CCNC(=O)c1sc(NCCN(C)C)c(C(=O)NC)c1N. The summed E-state index contributed by atoms with van der Waals surface area (Å²) >= 11 is 1.20. The van der Waals surface area contributed by atoms with Crippen molar-refractivity contribution in [2.75, 3.05) is 51.8 Å². The molecule has 0 fully saturated rings. The van der Waals surface area contributed by atoms with E-state index in [0.717, 1.165) is 6.54 Å². The van der Waals surface area contributed by atoms with Gasteiger partial charge in [0.05, 0.1) is 11.3 Å². The van der Waals surface area contributed by atoms with Crippen LogP contribution in [0, 0.1) is 0 Å². The van der Waals surface area contributed by atoms with Gasteiger partial charge in [0.2, 0.25) is 0 Å². The van der Waals surface area contributed by atoms with Crippen LogP contribution in [0.5, 0.6) is 0 Å². The molecule has 0 aliphatic rings. The number of nitrogens with two attached hydrogens (primary N) is 1. The van der Waals surface area contributed by atoms with Gasteiger partial charge in [0.1, 0.15) is 9.88 Å². The van der Waals surface area contributed by atoms with Crippen LogP contribution in [0.3, 0.4) is 0 Å². The van der Waals surface area contributed by atoms with E-state index in [9.17, 15) is 9.59 Å². The molecule has 0 saturated heterocycles. The fraction of sp³-hybridized carbons (Fsp3) is 0.538. The summed E-state index contributed by atoms with van der Waals surface area (Å²) in [5, 5.41) is 9.04. The largest absolute Gasteiger partial charge is 0.397 e. The van der Waals surface area contributed by atoms with Gasteiger partial charge in [-0.25, -0.2) is 0 Å². The van der Waals surface area contributed by atoms with Crippen molar-refractivity contribution in [2.45, 2.75) is 6.92 Å². The van der Waals surface area contributed by atoms with E-state index in [1.54, 1.807) is 0 Å². The second-order valence-corrected chi connectivity index (χ2v) is 5.74. The number of anilines is 2. The van der Waals surface area contributed by atoms with E-state index in [2.05, 4.69) is 16.0 Å². The Labute approximate surface area is 128 Å². The van der Waals surface area contributed by atoms with Crippen molar-refractivity contribution in [1.82, 2.24) is 15.5 Å². The molecule has 8 heteroatoms. The molecule has 0 unspecified atom stereocenters. The number of hydrogen-bond acceptors (Lipinski definition) is 6. The fourth-order valence-corrected chi connectivity index (χ4v) is 2.78. The van der Waals surface area contributed by atoms with Crippen molar-refractivity contribution in [2.24, 2.45) is 0 Å². The van der Waals surface area contributed by atoms with E-state index in [1.807, 2.05) is 25.9 Å². The van der Waals surface area contributed by atoms with E-state index < -0.39 is 0 Å². The number of nitrogens with one attached hydrogen (secondary N) is 3. The van der Waals surface area contributed by atoms with Crippen LogP contribution in [-0.4, -0.2) is 57.5 Å². The molecular formula is C13H23N5O2S. The third-order valence-electron chi connectivity index (χ3n) is 2.79. The van der Waals surface area contributed by atoms with Crippen molar-refractivity contribution in [1.29, 1.82) is 0 Å². The van der Waals surface area contributed by atoms with E-state index in [1.165, 1.54) is 18.4 Å². The molecule has 5 N–H and O–H groups in total. The third-order valence-corrected chi connectivity index (χ3v) is 3.95. The Morgan fingerprint density at radius 2 is 1.95 bits per heavy atom. The first-order chi connectivity index (χ1) is 9.92. The Balaban J connectivity index is 3.06. The lowest BCUT2D eigenvalue weighted by Crippen LogP contribution is -2.24. The first-order valence-electron chi connectivity index (χ1n) is 6.73. The smallest absolute Gasteiger partial charge is 0.263 e. The number of nitrogens with zero attached hydrogens (tertiary/aromatic N) is 1. The first kappa shape index (κ1) is 17.3. The van der Waals surface area contributed by atoms with Crippen molar-refractivity contribution >= 4 is 33.8 Å². The number of rotatable bonds is 7. The minimum absolute atomic E-state index is 0.220. The normalized spacial score (nSPS) is 10.5. The third kappa shape index (κ3) is 4.33. The first-order valence-corrected chi connectivity index (χ1v) is 7.55. The minimum atomic E-state index is -0.299. The summed E-state index contributed by atoms with van der Waals surface area (Å²) in [4.78, 5) is 26.3. The van der Waals surface area contributed by atoms with E-state index >= 15 is 0 Å². The number of likely N-dealkylation sites (N-methyl/N-ethyl adjacent to an activating group) is 1. The summed E-state index contributed by atoms with van der Waals surface area (Å²) in [5.74, 6) is -0.558. The molecule has 1 heterocycles. The number of nitrogen functional groups attached to an aromatic ring is 1. The van der Waals surface area contributed by atoms with Gasteiger partial charge in [-0.2, -0.15) is 0 Å². The van der Waals surface area contributed by atoms with Crippen LogP contribution in [0.1, 0.15) is 27.0 Å². The number of amides is 2. The molecule has 1 aromatic heterocycles. The van der Waals surface area contributed by atoms with Crippen LogP contribution < -0.4 is 21.7 Å². The van der Waals surface area contributed by atoms with Gasteiger partial charge in [0.25, 0.3) is 11.8 Å². The molecule has 0 aromatic carbocycles. The molecule has 21 heavy (non-hydrogen) atoms. The minimum Gasteiger partial charge on any atom is -0.397 e. The highest BCUT2D eigenvalue weighted by Gasteiger charge is 2.24. The number of thiophene rings is 1. The molecule has 0 bridgehead atoms. The predicted molar refractivity (Wildman–Crippen MR) is 87.2 cm³/mol. The average Bonchev–Trinajstić information content (AvgIpc) is 2.75. The maximum Gasteiger partial charge on any atom is 0.263 e. The Morgan fingerprint density at radius 1 is 1.29 bits per heavy atom. The van der Waals surface area contributed by atoms with Crippen LogP contribution in [0.2, 0.25) is 0 Å².